The Bertz CT molecular complexity index is 657. The van der Waals surface area contributed by atoms with E-state index in [1.165, 1.54) is 11.8 Å². The van der Waals surface area contributed by atoms with E-state index < -0.39 is 0 Å². The Balaban J connectivity index is 1.83. The number of piperidine rings is 1. The fourth-order valence-electron chi connectivity index (χ4n) is 4.66. The molecule has 1 N–H and O–H groups in total. The third-order valence-corrected chi connectivity index (χ3v) is 6.55. The van der Waals surface area contributed by atoms with E-state index in [0.29, 0.717) is 49.6 Å². The first-order valence-corrected chi connectivity index (χ1v) is 10.0. The Morgan fingerprint density at radius 2 is 2.24 bits per heavy atom. The van der Waals surface area contributed by atoms with Crippen molar-refractivity contribution in [3.63, 3.8) is 0 Å². The molecule has 0 bridgehead atoms. The number of thioether (sulfide) groups is 1. The largest absolute Gasteiger partial charge is 0.347 e. The smallest absolute Gasteiger partial charge is 0.279 e. The van der Waals surface area contributed by atoms with Gasteiger partial charge in [0.25, 0.3) is 5.24 Å². The normalized spacial score (nSPS) is 31.5. The Labute approximate surface area is 153 Å². The molecule has 0 unspecified atom stereocenters. The van der Waals surface area contributed by atoms with Gasteiger partial charge in [0.05, 0.1) is 0 Å². The zero-order valence-electron chi connectivity index (χ0n) is 15.0. The monoisotopic (exact) mass is 362 g/mol. The Kier molecular flexibility index (Phi) is 5.09. The molecule has 2 aliphatic carbocycles. The maximum atomic E-state index is 12.6. The van der Waals surface area contributed by atoms with Crippen LogP contribution in [0, 0.1) is 17.3 Å². The van der Waals surface area contributed by atoms with Crippen molar-refractivity contribution in [2.45, 2.75) is 39.5 Å². The molecule has 136 valence electrons. The van der Waals surface area contributed by atoms with Crippen LogP contribution >= 0.6 is 11.8 Å². The molecule has 0 aromatic carbocycles. The van der Waals surface area contributed by atoms with E-state index in [-0.39, 0.29) is 28.3 Å². The lowest BCUT2D eigenvalue weighted by molar-refractivity contribution is -0.133. The first kappa shape index (κ1) is 18.2. The molecule has 3 rings (SSSR count). The molecular weight excluding hydrogens is 336 g/mol. The number of hydrogen-bond acceptors (Lipinski definition) is 4. The van der Waals surface area contributed by atoms with Gasteiger partial charge in [-0.25, -0.2) is 0 Å². The van der Waals surface area contributed by atoms with Gasteiger partial charge in [-0.2, -0.15) is 0 Å². The summed E-state index contributed by atoms with van der Waals surface area (Å²) in [6, 6.07) is 0. The van der Waals surface area contributed by atoms with Crippen LogP contribution in [0.3, 0.4) is 0 Å². The molecule has 1 saturated heterocycles. The standard InChI is InChI=1S/C19H26N2O3S/c1-4-20-18(24)25-8-7-21-16-10-12(2)9-14-11-15(22)13(3)19(14,16)6-5-17(21)23/h10,12,14H,3-9,11H2,1-2H3,(H,20,24)/t12-,14+,19-/m1/s1. The lowest BCUT2D eigenvalue weighted by Gasteiger charge is -2.49. The number of rotatable bonds is 4. The van der Waals surface area contributed by atoms with Crippen molar-refractivity contribution in [3.8, 4) is 0 Å². The lowest BCUT2D eigenvalue weighted by Crippen LogP contribution is -2.49. The lowest BCUT2D eigenvalue weighted by atomic mass is 9.61. The molecule has 0 aromatic rings. The van der Waals surface area contributed by atoms with Gasteiger partial charge in [-0.3, -0.25) is 14.4 Å². The van der Waals surface area contributed by atoms with Crippen molar-refractivity contribution in [2.75, 3.05) is 18.8 Å². The molecule has 1 spiro atoms. The molecule has 2 amide bonds. The summed E-state index contributed by atoms with van der Waals surface area (Å²) in [5.41, 5.74) is 1.30. The first-order valence-electron chi connectivity index (χ1n) is 9.06. The number of likely N-dealkylation sites (tertiary alicyclic amines) is 1. The maximum Gasteiger partial charge on any atom is 0.279 e. The highest BCUT2D eigenvalue weighted by Crippen LogP contribution is 2.60. The number of nitrogens with one attached hydrogen (secondary N) is 1. The molecule has 1 aliphatic heterocycles. The number of ketones is 1. The van der Waals surface area contributed by atoms with Crippen LogP contribution in [-0.4, -0.2) is 40.7 Å². The summed E-state index contributed by atoms with van der Waals surface area (Å²) in [6.07, 6.45) is 4.83. The van der Waals surface area contributed by atoms with E-state index in [1.54, 1.807) is 0 Å². The summed E-state index contributed by atoms with van der Waals surface area (Å²) in [7, 11) is 0. The van der Waals surface area contributed by atoms with Gasteiger partial charge < -0.3 is 10.2 Å². The van der Waals surface area contributed by atoms with Crippen LogP contribution in [0.5, 0.6) is 0 Å². The van der Waals surface area contributed by atoms with Crippen molar-refractivity contribution < 1.29 is 14.4 Å². The molecule has 3 aliphatic rings. The number of allylic oxidation sites excluding steroid dienone is 2. The molecule has 2 fully saturated rings. The molecule has 1 saturated carbocycles. The number of hydrogen-bond donors (Lipinski definition) is 1. The molecule has 0 radical (unpaired) electrons. The Morgan fingerprint density at radius 3 is 2.96 bits per heavy atom. The molecule has 6 heteroatoms. The molecular formula is C19H26N2O3S. The van der Waals surface area contributed by atoms with Gasteiger partial charge >= 0.3 is 0 Å². The van der Waals surface area contributed by atoms with Crippen molar-refractivity contribution in [1.82, 2.24) is 10.2 Å². The van der Waals surface area contributed by atoms with Gasteiger partial charge in [-0.05, 0) is 31.6 Å². The van der Waals surface area contributed by atoms with E-state index in [0.717, 1.165) is 12.1 Å². The van der Waals surface area contributed by atoms with E-state index in [2.05, 4.69) is 24.9 Å². The van der Waals surface area contributed by atoms with Crippen LogP contribution in [-0.2, 0) is 9.59 Å². The Hall–Kier alpha value is -1.56. The summed E-state index contributed by atoms with van der Waals surface area (Å²) in [5, 5.41) is 2.69. The van der Waals surface area contributed by atoms with E-state index in [9.17, 15) is 14.4 Å². The number of carbonyl (C=O) groups excluding carboxylic acids is 3. The maximum absolute atomic E-state index is 12.6. The van der Waals surface area contributed by atoms with Crippen LogP contribution in [0.4, 0.5) is 4.79 Å². The summed E-state index contributed by atoms with van der Waals surface area (Å²) in [4.78, 5) is 38.4. The highest BCUT2D eigenvalue weighted by Gasteiger charge is 2.57. The van der Waals surface area contributed by atoms with Crippen LogP contribution in [0.25, 0.3) is 0 Å². The molecule has 1 heterocycles. The number of Topliss-reactive ketones (excluding diaryl/α,β-unsaturated/α-hetero) is 1. The van der Waals surface area contributed by atoms with Crippen molar-refractivity contribution in [1.29, 1.82) is 0 Å². The molecule has 25 heavy (non-hydrogen) atoms. The van der Waals surface area contributed by atoms with Crippen molar-refractivity contribution >= 4 is 28.7 Å². The quantitative estimate of drug-likeness (QED) is 0.780. The minimum absolute atomic E-state index is 0.0639. The number of nitrogens with zero attached hydrogens (tertiary/aromatic N) is 1. The third-order valence-electron chi connectivity index (χ3n) is 5.75. The highest BCUT2D eigenvalue weighted by molar-refractivity contribution is 8.13. The van der Waals surface area contributed by atoms with E-state index >= 15 is 0 Å². The minimum Gasteiger partial charge on any atom is -0.347 e. The average molecular weight is 362 g/mol. The van der Waals surface area contributed by atoms with Crippen LogP contribution in [0.15, 0.2) is 23.9 Å². The first-order chi connectivity index (χ1) is 11.9. The zero-order chi connectivity index (χ0) is 18.2. The second kappa shape index (κ2) is 6.98. The summed E-state index contributed by atoms with van der Waals surface area (Å²) < 4.78 is 0. The SMILES string of the molecule is C=C1C(=O)C[C@@H]2C[C@@H](C)C=C3N(CCSC(=O)NCC)C(=O)CC[C@]132. The number of carbonyl (C=O) groups is 3. The third kappa shape index (κ3) is 3.05. The van der Waals surface area contributed by atoms with Gasteiger partial charge in [0.15, 0.2) is 5.78 Å². The van der Waals surface area contributed by atoms with E-state index in [4.69, 9.17) is 0 Å². The molecule has 0 aromatic heterocycles. The summed E-state index contributed by atoms with van der Waals surface area (Å²) in [6.45, 7) is 9.24. The summed E-state index contributed by atoms with van der Waals surface area (Å²) >= 11 is 1.20. The molecule has 5 nitrogen and oxygen atoms in total. The van der Waals surface area contributed by atoms with Gasteiger partial charge in [-0.15, -0.1) is 0 Å². The van der Waals surface area contributed by atoms with Gasteiger partial charge in [0, 0.05) is 48.4 Å². The summed E-state index contributed by atoms with van der Waals surface area (Å²) in [5.74, 6) is 1.39. The minimum atomic E-state index is -0.353. The predicted octanol–water partition coefficient (Wildman–Crippen LogP) is 3.13. The highest BCUT2D eigenvalue weighted by atomic mass is 32.2. The van der Waals surface area contributed by atoms with Crippen LogP contribution in [0.2, 0.25) is 0 Å². The second-order valence-electron chi connectivity index (χ2n) is 7.25. The fourth-order valence-corrected chi connectivity index (χ4v) is 5.36. The average Bonchev–Trinajstić information content (AvgIpc) is 2.80. The van der Waals surface area contributed by atoms with Crippen LogP contribution in [0.1, 0.15) is 39.5 Å². The molecule has 3 atom stereocenters. The fraction of sp³-hybridized carbons (Fsp3) is 0.632. The van der Waals surface area contributed by atoms with Gasteiger partial charge in [0.1, 0.15) is 0 Å². The van der Waals surface area contributed by atoms with Crippen molar-refractivity contribution in [2.24, 2.45) is 17.3 Å². The van der Waals surface area contributed by atoms with Crippen molar-refractivity contribution in [3.05, 3.63) is 23.9 Å². The second-order valence-corrected chi connectivity index (χ2v) is 8.32. The van der Waals surface area contributed by atoms with Crippen LogP contribution < -0.4 is 5.32 Å². The zero-order valence-corrected chi connectivity index (χ0v) is 15.8. The predicted molar refractivity (Wildman–Crippen MR) is 99.0 cm³/mol. The Morgan fingerprint density at radius 1 is 1.48 bits per heavy atom. The topological polar surface area (TPSA) is 66.5 Å². The van der Waals surface area contributed by atoms with E-state index in [1.807, 2.05) is 11.8 Å². The van der Waals surface area contributed by atoms with Gasteiger partial charge in [-0.1, -0.05) is 31.3 Å². The van der Waals surface area contributed by atoms with Gasteiger partial charge in [0.2, 0.25) is 5.91 Å². The number of amides is 2.